The molecule has 1 rings (SSSR count). The second-order valence-electron chi connectivity index (χ2n) is 3.35. The number of benzene rings is 1. The third kappa shape index (κ3) is 3.79. The lowest BCUT2D eigenvalue weighted by atomic mass is 10.1. The number of nitrogens with one attached hydrogen (secondary N) is 1. The van der Waals surface area contributed by atoms with Gasteiger partial charge in [-0.1, -0.05) is 23.7 Å². The van der Waals surface area contributed by atoms with Gasteiger partial charge in [-0.15, -0.1) is 0 Å². The fourth-order valence-electron chi connectivity index (χ4n) is 1.18. The lowest BCUT2D eigenvalue weighted by Gasteiger charge is -2.09. The Hall–Kier alpha value is -0.530. The van der Waals surface area contributed by atoms with Crippen molar-refractivity contribution in [3.63, 3.8) is 0 Å². The highest BCUT2D eigenvalue weighted by atomic mass is 35.5. The number of hydrogen-bond donors (Lipinski definition) is 1. The summed E-state index contributed by atoms with van der Waals surface area (Å²) in [6, 6.07) is 8.65. The van der Waals surface area contributed by atoms with Gasteiger partial charge in [0.2, 0.25) is 0 Å². The van der Waals surface area contributed by atoms with E-state index in [1.807, 2.05) is 19.2 Å². The van der Waals surface area contributed by atoms with Gasteiger partial charge in [0.1, 0.15) is 0 Å². The first-order valence-electron chi connectivity index (χ1n) is 4.64. The van der Waals surface area contributed by atoms with E-state index in [4.69, 9.17) is 11.6 Å². The highest BCUT2D eigenvalue weighted by Gasteiger charge is 1.98. The Morgan fingerprint density at radius 2 is 1.92 bits per heavy atom. The molecule has 0 aliphatic carbocycles. The van der Waals surface area contributed by atoms with Crippen molar-refractivity contribution in [3.8, 4) is 0 Å². The van der Waals surface area contributed by atoms with Gasteiger partial charge < -0.3 is 5.32 Å². The van der Waals surface area contributed by atoms with E-state index in [1.54, 1.807) is 0 Å². The predicted octanol–water partition coefficient (Wildman–Crippen LogP) is 2.88. The molecule has 0 bridgehead atoms. The zero-order chi connectivity index (χ0) is 9.68. The Bertz CT molecular complexity index is 243. The first-order valence-corrected chi connectivity index (χ1v) is 5.02. The Morgan fingerprint density at radius 3 is 2.46 bits per heavy atom. The summed E-state index contributed by atoms with van der Waals surface area (Å²) in [5.41, 5.74) is 1.35. The normalized spacial score (nSPS) is 12.8. The predicted molar refractivity (Wildman–Crippen MR) is 58.3 cm³/mol. The van der Waals surface area contributed by atoms with E-state index in [9.17, 15) is 0 Å². The number of aryl methyl sites for hydroxylation is 1. The molecule has 0 aliphatic rings. The van der Waals surface area contributed by atoms with Crippen molar-refractivity contribution >= 4 is 11.6 Å². The summed E-state index contributed by atoms with van der Waals surface area (Å²) in [5.74, 6) is 0. The molecule has 0 aromatic heterocycles. The van der Waals surface area contributed by atoms with Crippen molar-refractivity contribution in [2.45, 2.75) is 25.8 Å². The van der Waals surface area contributed by atoms with Crippen molar-refractivity contribution in [2.75, 3.05) is 7.05 Å². The number of hydrogen-bond acceptors (Lipinski definition) is 1. The molecule has 0 fully saturated rings. The van der Waals surface area contributed by atoms with Crippen LogP contribution in [0.25, 0.3) is 0 Å². The maximum Gasteiger partial charge on any atom is 0.0406 e. The molecule has 1 nitrogen and oxygen atoms in total. The second-order valence-corrected chi connectivity index (χ2v) is 3.79. The monoisotopic (exact) mass is 197 g/mol. The van der Waals surface area contributed by atoms with Gasteiger partial charge in [0.15, 0.2) is 0 Å². The molecule has 0 heterocycles. The largest absolute Gasteiger partial charge is 0.317 e. The molecule has 1 aromatic rings. The summed E-state index contributed by atoms with van der Waals surface area (Å²) >= 11 is 5.79. The third-order valence-electron chi connectivity index (χ3n) is 2.27. The van der Waals surface area contributed by atoms with Crippen molar-refractivity contribution in [1.29, 1.82) is 0 Å². The number of halogens is 1. The van der Waals surface area contributed by atoms with Crippen LogP contribution in [0.2, 0.25) is 5.02 Å². The fraction of sp³-hybridized carbons (Fsp3) is 0.455. The summed E-state index contributed by atoms with van der Waals surface area (Å²) in [6.07, 6.45) is 2.28. The average Bonchev–Trinajstić information content (AvgIpc) is 2.16. The van der Waals surface area contributed by atoms with Gasteiger partial charge in [-0.3, -0.25) is 0 Å². The van der Waals surface area contributed by atoms with E-state index in [0.717, 1.165) is 17.9 Å². The Kier molecular flexibility index (Phi) is 4.26. The van der Waals surface area contributed by atoms with Gasteiger partial charge in [0.05, 0.1) is 0 Å². The molecular formula is C11H16ClN. The van der Waals surface area contributed by atoms with Crippen LogP contribution in [0, 0.1) is 0 Å². The summed E-state index contributed by atoms with van der Waals surface area (Å²) in [5, 5.41) is 4.03. The topological polar surface area (TPSA) is 12.0 Å². The first-order chi connectivity index (χ1) is 6.22. The average molecular weight is 198 g/mol. The summed E-state index contributed by atoms with van der Waals surface area (Å²) in [4.78, 5) is 0. The molecular weight excluding hydrogens is 182 g/mol. The highest BCUT2D eigenvalue weighted by Crippen LogP contribution is 2.11. The highest BCUT2D eigenvalue weighted by molar-refractivity contribution is 6.30. The molecule has 2 heteroatoms. The maximum atomic E-state index is 5.79. The zero-order valence-corrected chi connectivity index (χ0v) is 8.93. The molecule has 13 heavy (non-hydrogen) atoms. The zero-order valence-electron chi connectivity index (χ0n) is 8.18. The van der Waals surface area contributed by atoms with Gasteiger partial charge in [0, 0.05) is 11.1 Å². The molecule has 72 valence electrons. The minimum atomic E-state index is 0.579. The van der Waals surface area contributed by atoms with Crippen LogP contribution in [0.3, 0.4) is 0 Å². The molecule has 0 aliphatic heterocycles. The molecule has 0 unspecified atom stereocenters. The van der Waals surface area contributed by atoms with Crippen molar-refractivity contribution < 1.29 is 0 Å². The minimum Gasteiger partial charge on any atom is -0.317 e. The van der Waals surface area contributed by atoms with Gasteiger partial charge in [-0.05, 0) is 44.5 Å². The third-order valence-corrected chi connectivity index (χ3v) is 2.52. The van der Waals surface area contributed by atoms with Gasteiger partial charge in [-0.2, -0.15) is 0 Å². The standard InChI is InChI=1S/C11H16ClN/c1-9(13-2)3-4-10-5-7-11(12)8-6-10/h5-9,13H,3-4H2,1-2H3/t9-/m1/s1. The van der Waals surface area contributed by atoms with Crippen LogP contribution in [-0.4, -0.2) is 13.1 Å². The van der Waals surface area contributed by atoms with Crippen LogP contribution in [0.5, 0.6) is 0 Å². The van der Waals surface area contributed by atoms with E-state index in [0.29, 0.717) is 6.04 Å². The quantitative estimate of drug-likeness (QED) is 0.783. The van der Waals surface area contributed by atoms with E-state index >= 15 is 0 Å². The first kappa shape index (κ1) is 10.6. The lowest BCUT2D eigenvalue weighted by molar-refractivity contribution is 0.565. The van der Waals surface area contributed by atoms with Crippen LogP contribution in [0.4, 0.5) is 0 Å². The van der Waals surface area contributed by atoms with Crippen LogP contribution >= 0.6 is 11.6 Å². The van der Waals surface area contributed by atoms with E-state index in [-0.39, 0.29) is 0 Å². The van der Waals surface area contributed by atoms with E-state index in [2.05, 4.69) is 24.4 Å². The Labute approximate surface area is 85.1 Å². The molecule has 1 atom stereocenters. The van der Waals surface area contributed by atoms with Gasteiger partial charge >= 0.3 is 0 Å². The van der Waals surface area contributed by atoms with Crippen molar-refractivity contribution in [3.05, 3.63) is 34.9 Å². The Balaban J connectivity index is 2.41. The molecule has 0 saturated heterocycles. The van der Waals surface area contributed by atoms with Crippen LogP contribution in [0.1, 0.15) is 18.9 Å². The smallest absolute Gasteiger partial charge is 0.0406 e. The van der Waals surface area contributed by atoms with Crippen LogP contribution < -0.4 is 5.32 Å². The number of rotatable bonds is 4. The van der Waals surface area contributed by atoms with Crippen molar-refractivity contribution in [2.24, 2.45) is 0 Å². The second kappa shape index (κ2) is 5.25. The van der Waals surface area contributed by atoms with E-state index < -0.39 is 0 Å². The lowest BCUT2D eigenvalue weighted by Crippen LogP contribution is -2.21. The van der Waals surface area contributed by atoms with Gasteiger partial charge in [0.25, 0.3) is 0 Å². The van der Waals surface area contributed by atoms with E-state index in [1.165, 1.54) is 5.56 Å². The molecule has 0 amide bonds. The summed E-state index contributed by atoms with van der Waals surface area (Å²) < 4.78 is 0. The fourth-order valence-corrected chi connectivity index (χ4v) is 1.30. The molecule has 0 spiro atoms. The molecule has 0 saturated carbocycles. The SMILES string of the molecule is CN[C@H](C)CCc1ccc(Cl)cc1. The Morgan fingerprint density at radius 1 is 1.31 bits per heavy atom. The van der Waals surface area contributed by atoms with Crippen LogP contribution in [0.15, 0.2) is 24.3 Å². The molecule has 1 N–H and O–H groups in total. The van der Waals surface area contributed by atoms with Gasteiger partial charge in [-0.25, -0.2) is 0 Å². The van der Waals surface area contributed by atoms with Crippen LogP contribution in [-0.2, 0) is 6.42 Å². The summed E-state index contributed by atoms with van der Waals surface area (Å²) in [7, 11) is 1.99. The maximum absolute atomic E-state index is 5.79. The molecule has 1 aromatic carbocycles. The molecule has 0 radical (unpaired) electrons. The summed E-state index contributed by atoms with van der Waals surface area (Å²) in [6.45, 7) is 2.19. The van der Waals surface area contributed by atoms with Crippen molar-refractivity contribution in [1.82, 2.24) is 5.32 Å². The minimum absolute atomic E-state index is 0.579.